The summed E-state index contributed by atoms with van der Waals surface area (Å²) in [6, 6.07) is 2.56. The van der Waals surface area contributed by atoms with Gasteiger partial charge in [0.15, 0.2) is 0 Å². The highest BCUT2D eigenvalue weighted by Crippen LogP contribution is 2.26. The van der Waals surface area contributed by atoms with E-state index in [1.807, 2.05) is 6.20 Å². The molecule has 0 unspecified atom stereocenters. The van der Waals surface area contributed by atoms with Gasteiger partial charge in [-0.25, -0.2) is 4.98 Å². The van der Waals surface area contributed by atoms with Gasteiger partial charge >= 0.3 is 0 Å². The summed E-state index contributed by atoms with van der Waals surface area (Å²) in [6.07, 6.45) is 5.55. The van der Waals surface area contributed by atoms with Crippen molar-refractivity contribution in [1.29, 1.82) is 0 Å². The predicted molar refractivity (Wildman–Crippen MR) is 58.0 cm³/mol. The number of hydrogen-bond donors (Lipinski definition) is 2. The van der Waals surface area contributed by atoms with E-state index >= 15 is 0 Å². The summed E-state index contributed by atoms with van der Waals surface area (Å²) < 4.78 is 0. The minimum Gasteiger partial charge on any atom is -0.383 e. The Labute approximate surface area is 84.7 Å². The van der Waals surface area contributed by atoms with E-state index in [0.29, 0.717) is 11.9 Å². The maximum atomic E-state index is 5.87. The molecule has 0 radical (unpaired) electrons. The van der Waals surface area contributed by atoms with Crippen LogP contribution in [-0.4, -0.2) is 11.5 Å². The summed E-state index contributed by atoms with van der Waals surface area (Å²) in [5.41, 5.74) is 8.22. The summed E-state index contributed by atoms with van der Waals surface area (Å²) in [4.78, 5) is 4.19. The molecule has 1 fully saturated rings. The van der Waals surface area contributed by atoms with Gasteiger partial charge in [-0.05, 0) is 37.9 Å². The van der Waals surface area contributed by atoms with Gasteiger partial charge in [-0.3, -0.25) is 0 Å². The molecular weight excluding hydrogens is 174 g/mol. The van der Waals surface area contributed by atoms with Gasteiger partial charge in [0.2, 0.25) is 0 Å². The molecule has 1 aromatic rings. The van der Waals surface area contributed by atoms with E-state index in [1.165, 1.54) is 30.4 Å². The van der Waals surface area contributed by atoms with Crippen LogP contribution in [0.4, 0.5) is 5.82 Å². The first-order chi connectivity index (χ1) is 6.77. The standard InChI is InChI=1S/C11H17N3/c1-8-6-9(11(12)14-7-8)10-4-2-3-5-13-10/h6-7,10,13H,2-5H2,1H3,(H2,12,14)/t10-/m1/s1. The summed E-state index contributed by atoms with van der Waals surface area (Å²) in [6.45, 7) is 3.15. The van der Waals surface area contributed by atoms with Crippen molar-refractivity contribution in [3.63, 3.8) is 0 Å². The Kier molecular flexibility index (Phi) is 2.68. The van der Waals surface area contributed by atoms with Crippen LogP contribution in [0.3, 0.4) is 0 Å². The second kappa shape index (κ2) is 3.96. The van der Waals surface area contributed by atoms with E-state index in [9.17, 15) is 0 Å². The summed E-state index contributed by atoms with van der Waals surface area (Å²) in [7, 11) is 0. The molecule has 14 heavy (non-hydrogen) atoms. The van der Waals surface area contributed by atoms with Gasteiger partial charge in [-0.1, -0.05) is 6.42 Å². The number of aryl methyl sites for hydroxylation is 1. The number of nitrogens with two attached hydrogens (primary N) is 1. The van der Waals surface area contributed by atoms with Crippen LogP contribution in [0.5, 0.6) is 0 Å². The fourth-order valence-electron chi connectivity index (χ4n) is 2.00. The first-order valence-corrected chi connectivity index (χ1v) is 5.23. The van der Waals surface area contributed by atoms with Crippen molar-refractivity contribution in [2.45, 2.75) is 32.2 Å². The molecule has 0 spiro atoms. The zero-order chi connectivity index (χ0) is 9.97. The third kappa shape index (κ3) is 1.87. The van der Waals surface area contributed by atoms with E-state index < -0.39 is 0 Å². The number of pyridine rings is 1. The molecule has 2 rings (SSSR count). The van der Waals surface area contributed by atoms with Gasteiger partial charge in [0.1, 0.15) is 5.82 Å². The number of nitrogens with one attached hydrogen (secondary N) is 1. The molecule has 0 aromatic carbocycles. The second-order valence-corrected chi connectivity index (χ2v) is 3.99. The molecule has 3 N–H and O–H groups in total. The van der Waals surface area contributed by atoms with E-state index in [0.717, 1.165) is 6.54 Å². The zero-order valence-electron chi connectivity index (χ0n) is 8.59. The molecule has 76 valence electrons. The minimum atomic E-state index is 0.413. The number of nitrogen functional groups attached to an aromatic ring is 1. The molecule has 3 heteroatoms. The largest absolute Gasteiger partial charge is 0.383 e. The third-order valence-electron chi connectivity index (χ3n) is 2.77. The Morgan fingerprint density at radius 1 is 1.50 bits per heavy atom. The van der Waals surface area contributed by atoms with Crippen LogP contribution in [0.2, 0.25) is 0 Å². The Morgan fingerprint density at radius 3 is 3.07 bits per heavy atom. The van der Waals surface area contributed by atoms with Crippen LogP contribution in [0.25, 0.3) is 0 Å². The van der Waals surface area contributed by atoms with Crippen LogP contribution in [0.15, 0.2) is 12.3 Å². The number of anilines is 1. The summed E-state index contributed by atoms with van der Waals surface area (Å²) >= 11 is 0. The molecule has 3 nitrogen and oxygen atoms in total. The maximum Gasteiger partial charge on any atom is 0.128 e. The van der Waals surface area contributed by atoms with Gasteiger partial charge in [0.25, 0.3) is 0 Å². The average Bonchev–Trinajstić information content (AvgIpc) is 2.23. The molecule has 1 aliphatic heterocycles. The highest BCUT2D eigenvalue weighted by atomic mass is 14.9. The molecular formula is C11H17N3. The number of aromatic nitrogens is 1. The fraction of sp³-hybridized carbons (Fsp3) is 0.545. The molecule has 1 aromatic heterocycles. The molecule has 1 aliphatic rings. The van der Waals surface area contributed by atoms with Crippen LogP contribution < -0.4 is 11.1 Å². The Balaban J connectivity index is 2.24. The average molecular weight is 191 g/mol. The molecule has 2 heterocycles. The number of piperidine rings is 1. The number of rotatable bonds is 1. The van der Waals surface area contributed by atoms with Gasteiger partial charge in [0.05, 0.1) is 0 Å². The summed E-state index contributed by atoms with van der Waals surface area (Å²) in [5, 5.41) is 3.48. The second-order valence-electron chi connectivity index (χ2n) is 3.99. The van der Waals surface area contributed by atoms with Crippen LogP contribution in [0, 0.1) is 6.92 Å². The monoisotopic (exact) mass is 191 g/mol. The molecule has 0 bridgehead atoms. The van der Waals surface area contributed by atoms with E-state index in [4.69, 9.17) is 5.73 Å². The zero-order valence-corrected chi connectivity index (χ0v) is 8.59. The SMILES string of the molecule is Cc1cnc(N)c([C@H]2CCCCN2)c1. The van der Waals surface area contributed by atoms with E-state index in [-0.39, 0.29) is 0 Å². The van der Waals surface area contributed by atoms with Crippen molar-refractivity contribution in [3.05, 3.63) is 23.4 Å². The van der Waals surface area contributed by atoms with Crippen molar-refractivity contribution in [2.24, 2.45) is 0 Å². The number of hydrogen-bond acceptors (Lipinski definition) is 3. The normalized spacial score (nSPS) is 22.2. The Bertz CT molecular complexity index is 316. The van der Waals surface area contributed by atoms with Crippen molar-refractivity contribution in [2.75, 3.05) is 12.3 Å². The van der Waals surface area contributed by atoms with Crippen molar-refractivity contribution < 1.29 is 0 Å². The third-order valence-corrected chi connectivity index (χ3v) is 2.77. The highest BCUT2D eigenvalue weighted by molar-refractivity contribution is 5.43. The highest BCUT2D eigenvalue weighted by Gasteiger charge is 2.17. The quantitative estimate of drug-likeness (QED) is 0.711. The van der Waals surface area contributed by atoms with Crippen LogP contribution >= 0.6 is 0 Å². The molecule has 0 amide bonds. The smallest absolute Gasteiger partial charge is 0.128 e. The van der Waals surface area contributed by atoms with Gasteiger partial charge in [-0.15, -0.1) is 0 Å². The predicted octanol–water partition coefficient (Wildman–Crippen LogP) is 1.79. The lowest BCUT2D eigenvalue weighted by Gasteiger charge is -2.24. The number of nitrogens with zero attached hydrogens (tertiary/aromatic N) is 1. The lowest BCUT2D eigenvalue weighted by atomic mass is 9.97. The Hall–Kier alpha value is -1.09. The lowest BCUT2D eigenvalue weighted by molar-refractivity contribution is 0.412. The van der Waals surface area contributed by atoms with Gasteiger partial charge in [0, 0.05) is 17.8 Å². The van der Waals surface area contributed by atoms with Crippen LogP contribution in [-0.2, 0) is 0 Å². The molecule has 1 atom stereocenters. The van der Waals surface area contributed by atoms with Crippen molar-refractivity contribution >= 4 is 5.82 Å². The minimum absolute atomic E-state index is 0.413. The molecule has 0 saturated carbocycles. The van der Waals surface area contributed by atoms with Crippen molar-refractivity contribution in [3.8, 4) is 0 Å². The van der Waals surface area contributed by atoms with Crippen LogP contribution in [0.1, 0.15) is 36.4 Å². The molecule has 0 aliphatic carbocycles. The van der Waals surface area contributed by atoms with Crippen molar-refractivity contribution in [1.82, 2.24) is 10.3 Å². The topological polar surface area (TPSA) is 50.9 Å². The fourth-order valence-corrected chi connectivity index (χ4v) is 2.00. The molecule has 1 saturated heterocycles. The van der Waals surface area contributed by atoms with Gasteiger partial charge < -0.3 is 11.1 Å². The van der Waals surface area contributed by atoms with Gasteiger partial charge in [-0.2, -0.15) is 0 Å². The lowest BCUT2D eigenvalue weighted by Crippen LogP contribution is -2.27. The van der Waals surface area contributed by atoms with E-state index in [2.05, 4.69) is 23.3 Å². The Morgan fingerprint density at radius 2 is 2.36 bits per heavy atom. The summed E-state index contributed by atoms with van der Waals surface area (Å²) in [5.74, 6) is 0.676. The first-order valence-electron chi connectivity index (χ1n) is 5.23. The first kappa shape index (κ1) is 9.46. The van der Waals surface area contributed by atoms with E-state index in [1.54, 1.807) is 0 Å². The maximum absolute atomic E-state index is 5.87.